The number of ether oxygens (including phenoxy) is 1. The van der Waals surface area contributed by atoms with E-state index in [4.69, 9.17) is 4.74 Å². The zero-order valence-electron chi connectivity index (χ0n) is 16.9. The molecule has 2 aromatic carbocycles. The maximum atomic E-state index is 5.76. The number of aromatic nitrogens is 2. The van der Waals surface area contributed by atoms with Crippen LogP contribution in [0.15, 0.2) is 78.3 Å². The first kappa shape index (κ1) is 22.7. The van der Waals surface area contributed by atoms with Crippen LogP contribution in [0, 0.1) is 0 Å². The standard InChI is InChI=1S/C22H27N5O.HI/c1-23-22(26(2)14-15-28-21-6-4-3-5-7-21)25-16-19-8-10-20(11-9-19)17-27-13-12-24-18-27;/h3-13,18H,14-17H2,1-2H3,(H,23,25);1H. The molecule has 0 saturated carbocycles. The monoisotopic (exact) mass is 505 g/mol. The van der Waals surface area contributed by atoms with Gasteiger partial charge >= 0.3 is 0 Å². The highest BCUT2D eigenvalue weighted by atomic mass is 127. The van der Waals surface area contributed by atoms with Gasteiger partial charge < -0.3 is 19.5 Å². The lowest BCUT2D eigenvalue weighted by atomic mass is 10.1. The van der Waals surface area contributed by atoms with Crippen molar-refractivity contribution in [3.63, 3.8) is 0 Å². The second-order valence-electron chi connectivity index (χ2n) is 6.54. The van der Waals surface area contributed by atoms with E-state index in [9.17, 15) is 0 Å². The molecule has 0 bridgehead atoms. The summed E-state index contributed by atoms with van der Waals surface area (Å²) >= 11 is 0. The first-order valence-corrected chi connectivity index (χ1v) is 9.38. The van der Waals surface area contributed by atoms with Crippen molar-refractivity contribution in [3.8, 4) is 5.75 Å². The van der Waals surface area contributed by atoms with Crippen molar-refractivity contribution in [1.82, 2.24) is 19.8 Å². The summed E-state index contributed by atoms with van der Waals surface area (Å²) in [4.78, 5) is 10.5. The minimum Gasteiger partial charge on any atom is -0.492 e. The van der Waals surface area contributed by atoms with Crippen molar-refractivity contribution in [2.45, 2.75) is 13.1 Å². The van der Waals surface area contributed by atoms with Crippen LogP contribution < -0.4 is 10.1 Å². The van der Waals surface area contributed by atoms with Crippen LogP contribution >= 0.6 is 24.0 Å². The van der Waals surface area contributed by atoms with Gasteiger partial charge in [-0.15, -0.1) is 24.0 Å². The van der Waals surface area contributed by atoms with Gasteiger partial charge in [0.2, 0.25) is 0 Å². The molecule has 1 N–H and O–H groups in total. The van der Waals surface area contributed by atoms with Crippen LogP contribution in [0.2, 0.25) is 0 Å². The van der Waals surface area contributed by atoms with E-state index >= 15 is 0 Å². The Hall–Kier alpha value is -2.55. The molecule has 3 rings (SSSR count). The Balaban J connectivity index is 0.00000300. The molecule has 0 atom stereocenters. The van der Waals surface area contributed by atoms with Crippen LogP contribution in [0.25, 0.3) is 0 Å². The quantitative estimate of drug-likeness (QED) is 0.289. The maximum Gasteiger partial charge on any atom is 0.193 e. The number of nitrogens with one attached hydrogen (secondary N) is 1. The predicted octanol–water partition coefficient (Wildman–Crippen LogP) is 3.64. The average molecular weight is 505 g/mol. The van der Waals surface area contributed by atoms with Crippen molar-refractivity contribution < 1.29 is 4.74 Å². The van der Waals surface area contributed by atoms with E-state index in [1.165, 1.54) is 11.1 Å². The number of rotatable bonds is 8. The fraction of sp³-hybridized carbons (Fsp3) is 0.273. The molecule has 3 aromatic rings. The highest BCUT2D eigenvalue weighted by molar-refractivity contribution is 14.0. The molecule has 29 heavy (non-hydrogen) atoms. The third-order valence-corrected chi connectivity index (χ3v) is 4.41. The number of aliphatic imine (C=N–C) groups is 1. The Morgan fingerprint density at radius 2 is 1.83 bits per heavy atom. The summed E-state index contributed by atoms with van der Waals surface area (Å²) in [6.45, 7) is 2.91. The van der Waals surface area contributed by atoms with Crippen molar-refractivity contribution in [2.24, 2.45) is 4.99 Å². The Kier molecular flexibility index (Phi) is 9.49. The number of halogens is 1. The third kappa shape index (κ3) is 7.41. The van der Waals surface area contributed by atoms with Crippen molar-refractivity contribution in [2.75, 3.05) is 27.2 Å². The van der Waals surface area contributed by atoms with Gasteiger partial charge in [-0.05, 0) is 23.3 Å². The van der Waals surface area contributed by atoms with E-state index in [-0.39, 0.29) is 24.0 Å². The average Bonchev–Trinajstić information content (AvgIpc) is 3.23. The SMILES string of the molecule is CN=C(NCc1ccc(Cn2ccnc2)cc1)N(C)CCOc1ccccc1.I. The van der Waals surface area contributed by atoms with E-state index in [1.54, 1.807) is 13.2 Å². The Morgan fingerprint density at radius 1 is 1.10 bits per heavy atom. The molecule has 154 valence electrons. The molecular weight excluding hydrogens is 477 g/mol. The molecule has 0 saturated heterocycles. The molecule has 0 fully saturated rings. The molecule has 0 aliphatic rings. The molecule has 0 amide bonds. The second-order valence-corrected chi connectivity index (χ2v) is 6.54. The summed E-state index contributed by atoms with van der Waals surface area (Å²) in [6, 6.07) is 18.4. The summed E-state index contributed by atoms with van der Waals surface area (Å²) in [7, 11) is 3.81. The van der Waals surface area contributed by atoms with Gasteiger partial charge in [0.1, 0.15) is 12.4 Å². The zero-order chi connectivity index (χ0) is 19.6. The topological polar surface area (TPSA) is 54.7 Å². The van der Waals surface area contributed by atoms with Crippen LogP contribution in [0.3, 0.4) is 0 Å². The van der Waals surface area contributed by atoms with Gasteiger partial charge in [0.25, 0.3) is 0 Å². The lowest BCUT2D eigenvalue weighted by molar-refractivity contribution is 0.281. The second kappa shape index (κ2) is 12.1. The largest absolute Gasteiger partial charge is 0.492 e. The molecule has 1 aromatic heterocycles. The van der Waals surface area contributed by atoms with E-state index in [1.807, 2.05) is 49.9 Å². The summed E-state index contributed by atoms with van der Waals surface area (Å²) in [5, 5.41) is 3.40. The molecule has 0 unspecified atom stereocenters. The normalized spacial score (nSPS) is 10.9. The lowest BCUT2D eigenvalue weighted by Crippen LogP contribution is -2.40. The number of benzene rings is 2. The fourth-order valence-corrected chi connectivity index (χ4v) is 2.84. The number of nitrogens with zero attached hydrogens (tertiary/aromatic N) is 4. The molecule has 6 nitrogen and oxygen atoms in total. The molecule has 1 heterocycles. The maximum absolute atomic E-state index is 5.76. The third-order valence-electron chi connectivity index (χ3n) is 4.41. The first-order chi connectivity index (χ1) is 13.7. The Morgan fingerprint density at radius 3 is 2.48 bits per heavy atom. The van der Waals surface area contributed by atoms with Crippen molar-refractivity contribution in [1.29, 1.82) is 0 Å². The molecule has 0 aliphatic carbocycles. The molecule has 0 radical (unpaired) electrons. The van der Waals surface area contributed by atoms with Crippen molar-refractivity contribution in [3.05, 3.63) is 84.4 Å². The van der Waals surface area contributed by atoms with Crippen LogP contribution in [0.4, 0.5) is 0 Å². The zero-order valence-corrected chi connectivity index (χ0v) is 19.2. The Bertz CT molecular complexity index is 851. The van der Waals surface area contributed by atoms with E-state index in [2.05, 4.69) is 49.0 Å². The number of hydrogen-bond donors (Lipinski definition) is 1. The number of para-hydroxylation sites is 1. The highest BCUT2D eigenvalue weighted by Gasteiger charge is 2.06. The minimum atomic E-state index is 0. The van der Waals surface area contributed by atoms with E-state index < -0.39 is 0 Å². The molecule has 0 spiro atoms. The van der Waals surface area contributed by atoms with Gasteiger partial charge in [-0.2, -0.15) is 0 Å². The molecule has 7 heteroatoms. The van der Waals surface area contributed by atoms with Gasteiger partial charge in [0.15, 0.2) is 5.96 Å². The predicted molar refractivity (Wildman–Crippen MR) is 128 cm³/mol. The van der Waals surface area contributed by atoms with Gasteiger partial charge in [-0.1, -0.05) is 42.5 Å². The van der Waals surface area contributed by atoms with Crippen LogP contribution in [-0.4, -0.2) is 47.7 Å². The van der Waals surface area contributed by atoms with E-state index in [0.29, 0.717) is 6.61 Å². The lowest BCUT2D eigenvalue weighted by Gasteiger charge is -2.22. The van der Waals surface area contributed by atoms with Gasteiger partial charge in [-0.25, -0.2) is 4.98 Å². The summed E-state index contributed by atoms with van der Waals surface area (Å²) in [6.07, 6.45) is 5.60. The van der Waals surface area contributed by atoms with Crippen LogP contribution in [0.5, 0.6) is 5.75 Å². The van der Waals surface area contributed by atoms with Gasteiger partial charge in [-0.3, -0.25) is 4.99 Å². The fourth-order valence-electron chi connectivity index (χ4n) is 2.84. The van der Waals surface area contributed by atoms with Gasteiger partial charge in [0.05, 0.1) is 12.9 Å². The van der Waals surface area contributed by atoms with Crippen LogP contribution in [-0.2, 0) is 13.1 Å². The van der Waals surface area contributed by atoms with Crippen LogP contribution in [0.1, 0.15) is 11.1 Å². The number of imidazole rings is 1. The number of hydrogen-bond acceptors (Lipinski definition) is 3. The minimum absolute atomic E-state index is 0. The summed E-state index contributed by atoms with van der Waals surface area (Å²) < 4.78 is 7.82. The first-order valence-electron chi connectivity index (χ1n) is 9.38. The summed E-state index contributed by atoms with van der Waals surface area (Å²) in [5.41, 5.74) is 2.46. The number of likely N-dealkylation sites (N-methyl/N-ethyl adjacent to an activating group) is 1. The highest BCUT2D eigenvalue weighted by Crippen LogP contribution is 2.08. The van der Waals surface area contributed by atoms with Crippen molar-refractivity contribution >= 4 is 29.9 Å². The smallest absolute Gasteiger partial charge is 0.193 e. The summed E-state index contributed by atoms with van der Waals surface area (Å²) in [5.74, 6) is 1.73. The van der Waals surface area contributed by atoms with E-state index in [0.717, 1.165) is 31.3 Å². The Labute approximate surface area is 189 Å². The number of guanidine groups is 1. The van der Waals surface area contributed by atoms with Gasteiger partial charge in [0, 0.05) is 39.6 Å². The molecular formula is C22H28IN5O. The molecule has 0 aliphatic heterocycles.